The number of carbonyl (C=O) groups is 1. The number of hydrogen-bond donors (Lipinski definition) is 1. The van der Waals surface area contributed by atoms with Crippen LogP contribution < -0.4 is 5.32 Å². The summed E-state index contributed by atoms with van der Waals surface area (Å²) < 4.78 is 0. The Labute approximate surface area is 140 Å². The molecule has 1 amide bonds. The van der Waals surface area contributed by atoms with Crippen molar-refractivity contribution in [2.45, 2.75) is 35.8 Å². The standard InChI is InChI=1S/C14H14N4O3S2/c1-8(22-11-6-4-10(5-7-11)18(20)21)12(19)15-14-17-16-13(23-14)9-2-3-9/h4-9H,2-3H2,1H3,(H,15,17,19)/t8-/m1/s1. The number of rotatable bonds is 6. The third-order valence-electron chi connectivity index (χ3n) is 3.33. The van der Waals surface area contributed by atoms with Crippen molar-refractivity contribution in [1.29, 1.82) is 0 Å². The van der Waals surface area contributed by atoms with Crippen molar-refractivity contribution < 1.29 is 9.72 Å². The van der Waals surface area contributed by atoms with Crippen LogP contribution >= 0.6 is 23.1 Å². The fraction of sp³-hybridized carbons (Fsp3) is 0.357. The topological polar surface area (TPSA) is 98.0 Å². The second kappa shape index (κ2) is 6.63. The van der Waals surface area contributed by atoms with Gasteiger partial charge in [-0.05, 0) is 31.9 Å². The maximum atomic E-state index is 12.2. The summed E-state index contributed by atoms with van der Waals surface area (Å²) in [7, 11) is 0. The SMILES string of the molecule is C[C@@H](Sc1ccc([N+](=O)[O-])cc1)C(=O)Nc1nnc(C2CC2)s1. The van der Waals surface area contributed by atoms with Crippen LogP contribution in [0.15, 0.2) is 29.2 Å². The van der Waals surface area contributed by atoms with Crippen LogP contribution in [0.1, 0.15) is 30.7 Å². The number of nitrogens with zero attached hydrogens (tertiary/aromatic N) is 3. The first-order valence-corrected chi connectivity index (χ1v) is 8.78. The van der Waals surface area contributed by atoms with E-state index < -0.39 is 4.92 Å². The summed E-state index contributed by atoms with van der Waals surface area (Å²) in [5.41, 5.74) is 0.0351. The molecule has 7 nitrogen and oxygen atoms in total. The van der Waals surface area contributed by atoms with E-state index in [1.54, 1.807) is 19.1 Å². The molecule has 120 valence electrons. The van der Waals surface area contributed by atoms with Gasteiger partial charge in [0.1, 0.15) is 5.01 Å². The minimum absolute atomic E-state index is 0.0351. The molecule has 1 heterocycles. The molecule has 0 bridgehead atoms. The van der Waals surface area contributed by atoms with Crippen molar-refractivity contribution in [3.63, 3.8) is 0 Å². The van der Waals surface area contributed by atoms with Crippen LogP contribution in [0.2, 0.25) is 0 Å². The molecule has 1 aromatic heterocycles. The summed E-state index contributed by atoms with van der Waals surface area (Å²) in [5.74, 6) is 0.358. The lowest BCUT2D eigenvalue weighted by Crippen LogP contribution is -2.22. The van der Waals surface area contributed by atoms with Gasteiger partial charge >= 0.3 is 0 Å². The lowest BCUT2D eigenvalue weighted by atomic mass is 10.3. The Bertz CT molecular complexity index is 728. The maximum Gasteiger partial charge on any atom is 0.269 e. The van der Waals surface area contributed by atoms with E-state index in [9.17, 15) is 14.9 Å². The van der Waals surface area contributed by atoms with Gasteiger partial charge in [-0.1, -0.05) is 11.3 Å². The zero-order valence-electron chi connectivity index (χ0n) is 12.3. The Hall–Kier alpha value is -2.00. The van der Waals surface area contributed by atoms with Gasteiger partial charge in [0, 0.05) is 22.9 Å². The number of non-ortho nitro benzene ring substituents is 1. The van der Waals surface area contributed by atoms with Crippen molar-refractivity contribution in [2.24, 2.45) is 0 Å². The van der Waals surface area contributed by atoms with E-state index in [-0.39, 0.29) is 16.8 Å². The van der Waals surface area contributed by atoms with Crippen LogP contribution in [-0.2, 0) is 4.79 Å². The fourth-order valence-electron chi connectivity index (χ4n) is 1.89. The Kier molecular flexibility index (Phi) is 4.58. The minimum Gasteiger partial charge on any atom is -0.300 e. The van der Waals surface area contributed by atoms with Crippen molar-refractivity contribution in [2.75, 3.05) is 5.32 Å². The van der Waals surface area contributed by atoms with Crippen LogP contribution in [0.3, 0.4) is 0 Å². The number of nitro benzene ring substituents is 1. The molecule has 1 aliphatic rings. The molecule has 9 heteroatoms. The minimum atomic E-state index is -0.447. The molecule has 3 rings (SSSR count). The summed E-state index contributed by atoms with van der Waals surface area (Å²) in [6, 6.07) is 6.14. The molecule has 1 aliphatic carbocycles. The summed E-state index contributed by atoms with van der Waals surface area (Å²) >= 11 is 2.76. The van der Waals surface area contributed by atoms with Gasteiger partial charge in [0.25, 0.3) is 5.69 Å². The number of benzene rings is 1. The molecular formula is C14H14N4O3S2. The average molecular weight is 350 g/mol. The van der Waals surface area contributed by atoms with Gasteiger partial charge in [-0.25, -0.2) is 0 Å². The van der Waals surface area contributed by atoms with Crippen LogP contribution in [-0.4, -0.2) is 26.3 Å². The van der Waals surface area contributed by atoms with Crippen LogP contribution in [0.25, 0.3) is 0 Å². The van der Waals surface area contributed by atoms with Gasteiger partial charge in [0.05, 0.1) is 10.2 Å². The highest BCUT2D eigenvalue weighted by Crippen LogP contribution is 2.42. The van der Waals surface area contributed by atoms with E-state index in [4.69, 9.17) is 0 Å². The molecule has 1 aromatic carbocycles. The van der Waals surface area contributed by atoms with E-state index in [1.165, 1.54) is 35.2 Å². The first kappa shape index (κ1) is 15.9. The number of nitro groups is 1. The first-order chi connectivity index (χ1) is 11.0. The first-order valence-electron chi connectivity index (χ1n) is 7.08. The molecule has 0 unspecified atom stereocenters. The lowest BCUT2D eigenvalue weighted by molar-refractivity contribution is -0.384. The van der Waals surface area contributed by atoms with Crippen molar-refractivity contribution in [3.8, 4) is 0 Å². The molecule has 1 atom stereocenters. The van der Waals surface area contributed by atoms with Crippen molar-refractivity contribution in [1.82, 2.24) is 10.2 Å². The summed E-state index contributed by atoms with van der Waals surface area (Å²) in [5, 5.41) is 22.6. The number of aromatic nitrogens is 2. The van der Waals surface area contributed by atoms with Gasteiger partial charge < -0.3 is 0 Å². The molecular weight excluding hydrogens is 336 g/mol. The summed E-state index contributed by atoms with van der Waals surface area (Å²) in [6.07, 6.45) is 2.30. The number of thioether (sulfide) groups is 1. The normalized spacial score (nSPS) is 15.2. The van der Waals surface area contributed by atoms with E-state index in [0.29, 0.717) is 11.0 Å². The van der Waals surface area contributed by atoms with Crippen molar-refractivity contribution >= 4 is 39.8 Å². The monoisotopic (exact) mass is 350 g/mol. The maximum absolute atomic E-state index is 12.2. The largest absolute Gasteiger partial charge is 0.300 e. The molecule has 1 N–H and O–H groups in total. The third-order valence-corrected chi connectivity index (χ3v) is 5.44. The van der Waals surface area contributed by atoms with E-state index >= 15 is 0 Å². The zero-order valence-corrected chi connectivity index (χ0v) is 13.9. The number of nitrogens with one attached hydrogen (secondary N) is 1. The Morgan fingerprint density at radius 1 is 1.39 bits per heavy atom. The third kappa shape index (κ3) is 4.05. The summed E-state index contributed by atoms with van der Waals surface area (Å²) in [6.45, 7) is 1.78. The molecule has 2 aromatic rings. The van der Waals surface area contributed by atoms with Gasteiger partial charge in [0.2, 0.25) is 11.0 Å². The van der Waals surface area contributed by atoms with Crippen LogP contribution in [0, 0.1) is 10.1 Å². The second-order valence-electron chi connectivity index (χ2n) is 5.22. The molecule has 0 radical (unpaired) electrons. The Morgan fingerprint density at radius 2 is 2.09 bits per heavy atom. The number of amides is 1. The average Bonchev–Trinajstić information content (AvgIpc) is 3.28. The number of anilines is 1. The quantitative estimate of drug-likeness (QED) is 0.487. The van der Waals surface area contributed by atoms with Gasteiger partial charge in [0.15, 0.2) is 0 Å². The van der Waals surface area contributed by atoms with E-state index in [0.717, 1.165) is 22.7 Å². The predicted octanol–water partition coefficient (Wildman–Crippen LogP) is 3.44. The van der Waals surface area contributed by atoms with E-state index in [2.05, 4.69) is 15.5 Å². The van der Waals surface area contributed by atoms with Crippen LogP contribution in [0.5, 0.6) is 0 Å². The number of carbonyl (C=O) groups excluding carboxylic acids is 1. The molecule has 0 aliphatic heterocycles. The summed E-state index contributed by atoms with van der Waals surface area (Å²) in [4.78, 5) is 23.2. The van der Waals surface area contributed by atoms with E-state index in [1.807, 2.05) is 0 Å². The smallest absolute Gasteiger partial charge is 0.269 e. The molecule has 0 spiro atoms. The zero-order chi connectivity index (χ0) is 16.4. The molecule has 1 fully saturated rings. The predicted molar refractivity (Wildman–Crippen MR) is 88.9 cm³/mol. The molecule has 1 saturated carbocycles. The highest BCUT2D eigenvalue weighted by Gasteiger charge is 2.28. The fourth-order valence-corrected chi connectivity index (χ4v) is 3.67. The molecule has 23 heavy (non-hydrogen) atoms. The van der Waals surface area contributed by atoms with Gasteiger partial charge in [-0.3, -0.25) is 20.2 Å². The Morgan fingerprint density at radius 3 is 2.70 bits per heavy atom. The Balaban J connectivity index is 1.56. The van der Waals surface area contributed by atoms with Crippen LogP contribution in [0.4, 0.5) is 10.8 Å². The lowest BCUT2D eigenvalue weighted by Gasteiger charge is -2.09. The second-order valence-corrected chi connectivity index (χ2v) is 7.64. The number of hydrogen-bond acceptors (Lipinski definition) is 7. The van der Waals surface area contributed by atoms with Gasteiger partial charge in [-0.2, -0.15) is 0 Å². The molecule has 0 saturated heterocycles. The van der Waals surface area contributed by atoms with Crippen molar-refractivity contribution in [3.05, 3.63) is 39.4 Å². The van der Waals surface area contributed by atoms with Gasteiger partial charge in [-0.15, -0.1) is 22.0 Å². The highest BCUT2D eigenvalue weighted by atomic mass is 32.2. The highest BCUT2D eigenvalue weighted by molar-refractivity contribution is 8.00.